The fourth-order valence-electron chi connectivity index (χ4n) is 2.46. The Labute approximate surface area is 150 Å². The van der Waals surface area contributed by atoms with Gasteiger partial charge in [0.25, 0.3) is 0 Å². The molecule has 0 aliphatic carbocycles. The topological polar surface area (TPSA) is 81.4 Å². The third-order valence-electron chi connectivity index (χ3n) is 3.54. The number of fused-ring (bicyclic) bond motifs is 1. The molecular formula is C20H20N2O4. The maximum absolute atomic E-state index is 12.4. The number of carbonyl (C=O) groups excluding carboxylic acids is 1. The Hall–Kier alpha value is -3.15. The van der Waals surface area contributed by atoms with Crippen LogP contribution < -0.4 is 10.7 Å². The molecule has 3 rings (SSSR count). The van der Waals surface area contributed by atoms with Crippen LogP contribution in [0, 0.1) is 0 Å². The summed E-state index contributed by atoms with van der Waals surface area (Å²) < 4.78 is 10.9. The number of hydrogen-bond acceptors (Lipinski definition) is 5. The van der Waals surface area contributed by atoms with Crippen molar-refractivity contribution >= 4 is 17.1 Å². The Balaban J connectivity index is 1.83. The molecule has 1 N–H and O–H groups in total. The molecule has 1 amide bonds. The van der Waals surface area contributed by atoms with Crippen molar-refractivity contribution < 1.29 is 13.9 Å². The molecule has 0 atom stereocenters. The van der Waals surface area contributed by atoms with Crippen LogP contribution in [0.3, 0.4) is 0 Å². The molecule has 3 aromatic rings. The monoisotopic (exact) mass is 352 g/mol. The lowest BCUT2D eigenvalue weighted by Crippen LogP contribution is -2.32. The molecule has 0 saturated heterocycles. The first-order valence-electron chi connectivity index (χ1n) is 8.27. The normalized spacial score (nSPS) is 11.3. The van der Waals surface area contributed by atoms with Crippen LogP contribution >= 0.6 is 0 Å². The van der Waals surface area contributed by atoms with Crippen molar-refractivity contribution in [3.63, 3.8) is 0 Å². The van der Waals surface area contributed by atoms with Crippen molar-refractivity contribution in [3.05, 3.63) is 64.6 Å². The van der Waals surface area contributed by atoms with E-state index in [0.717, 1.165) is 11.3 Å². The molecule has 0 fully saturated rings. The molecule has 6 heteroatoms. The molecule has 1 aromatic carbocycles. The van der Waals surface area contributed by atoms with E-state index in [9.17, 15) is 9.59 Å². The number of benzene rings is 1. The van der Waals surface area contributed by atoms with Gasteiger partial charge in [0.15, 0.2) is 5.43 Å². The van der Waals surface area contributed by atoms with Gasteiger partial charge in [-0.2, -0.15) is 0 Å². The number of amides is 1. The predicted molar refractivity (Wildman–Crippen MR) is 98.8 cm³/mol. The maximum Gasteiger partial charge on any atom is 0.408 e. The van der Waals surface area contributed by atoms with Crippen molar-refractivity contribution in [2.45, 2.75) is 32.9 Å². The summed E-state index contributed by atoms with van der Waals surface area (Å²) >= 11 is 0. The summed E-state index contributed by atoms with van der Waals surface area (Å²) in [5.41, 5.74) is 1.31. The van der Waals surface area contributed by atoms with Crippen LogP contribution in [0.15, 0.2) is 57.9 Å². The molecule has 0 radical (unpaired) electrons. The van der Waals surface area contributed by atoms with E-state index in [4.69, 9.17) is 9.15 Å². The Kier molecular flexibility index (Phi) is 4.75. The standard InChI is InChI=1S/C20H20N2O4/c1-20(2,3)26-19(24)22-12-14-11-17(23)15-10-13(7-8-18(15)25-14)16-6-4-5-9-21-16/h4-11H,12H2,1-3H3,(H,22,24). The smallest absolute Gasteiger partial charge is 0.408 e. The zero-order valence-corrected chi connectivity index (χ0v) is 14.9. The lowest BCUT2D eigenvalue weighted by Gasteiger charge is -2.19. The van der Waals surface area contributed by atoms with E-state index in [1.807, 2.05) is 24.3 Å². The number of hydrogen-bond donors (Lipinski definition) is 1. The minimum Gasteiger partial charge on any atom is -0.459 e. The average molecular weight is 352 g/mol. The number of rotatable bonds is 3. The number of aromatic nitrogens is 1. The quantitative estimate of drug-likeness (QED) is 0.773. The number of pyridine rings is 1. The molecule has 0 aliphatic rings. The van der Waals surface area contributed by atoms with Gasteiger partial charge in [0.2, 0.25) is 0 Å². The highest BCUT2D eigenvalue weighted by Gasteiger charge is 2.16. The largest absolute Gasteiger partial charge is 0.459 e. The molecular weight excluding hydrogens is 332 g/mol. The summed E-state index contributed by atoms with van der Waals surface area (Å²) in [6, 6.07) is 12.3. The third kappa shape index (κ3) is 4.27. The van der Waals surface area contributed by atoms with Gasteiger partial charge < -0.3 is 14.5 Å². The average Bonchev–Trinajstić information content (AvgIpc) is 2.59. The Morgan fingerprint density at radius 3 is 2.69 bits per heavy atom. The van der Waals surface area contributed by atoms with Crippen molar-refractivity contribution in [2.75, 3.05) is 0 Å². The van der Waals surface area contributed by atoms with Crippen LogP contribution in [-0.2, 0) is 11.3 Å². The van der Waals surface area contributed by atoms with E-state index in [-0.39, 0.29) is 12.0 Å². The van der Waals surface area contributed by atoms with Crippen LogP contribution in [0.25, 0.3) is 22.2 Å². The van der Waals surface area contributed by atoms with Gasteiger partial charge in [-0.3, -0.25) is 9.78 Å². The molecule has 0 spiro atoms. The van der Waals surface area contributed by atoms with Gasteiger partial charge in [-0.1, -0.05) is 6.07 Å². The second kappa shape index (κ2) is 7.00. The lowest BCUT2D eigenvalue weighted by molar-refractivity contribution is 0.0520. The van der Waals surface area contributed by atoms with Gasteiger partial charge in [0, 0.05) is 17.8 Å². The number of nitrogens with zero attached hydrogens (tertiary/aromatic N) is 1. The molecule has 0 saturated carbocycles. The molecule has 2 heterocycles. The fraction of sp³-hybridized carbons (Fsp3) is 0.250. The Morgan fingerprint density at radius 2 is 2.00 bits per heavy atom. The van der Waals surface area contributed by atoms with E-state index < -0.39 is 11.7 Å². The zero-order chi connectivity index (χ0) is 18.7. The van der Waals surface area contributed by atoms with Crippen LogP contribution in [-0.4, -0.2) is 16.7 Å². The first-order chi connectivity index (χ1) is 12.3. The van der Waals surface area contributed by atoms with E-state index >= 15 is 0 Å². The minimum atomic E-state index is -0.587. The third-order valence-corrected chi connectivity index (χ3v) is 3.54. The second-order valence-corrected chi connectivity index (χ2v) is 6.86. The summed E-state index contributed by atoms with van der Waals surface area (Å²) in [6.45, 7) is 5.41. The van der Waals surface area contributed by atoms with Gasteiger partial charge >= 0.3 is 6.09 Å². The molecule has 2 aromatic heterocycles. The zero-order valence-electron chi connectivity index (χ0n) is 14.9. The van der Waals surface area contributed by atoms with Gasteiger partial charge in [-0.25, -0.2) is 4.79 Å². The van der Waals surface area contributed by atoms with E-state index in [1.165, 1.54) is 6.07 Å². The van der Waals surface area contributed by atoms with Crippen LogP contribution in [0.1, 0.15) is 26.5 Å². The number of alkyl carbamates (subject to hydrolysis) is 1. The Bertz CT molecular complexity index is 988. The maximum atomic E-state index is 12.4. The lowest BCUT2D eigenvalue weighted by atomic mass is 10.1. The van der Waals surface area contributed by atoms with Crippen LogP contribution in [0.4, 0.5) is 4.79 Å². The SMILES string of the molecule is CC(C)(C)OC(=O)NCc1cc(=O)c2cc(-c3ccccn3)ccc2o1. The van der Waals surface area contributed by atoms with Crippen molar-refractivity contribution in [3.8, 4) is 11.3 Å². The van der Waals surface area contributed by atoms with Gasteiger partial charge in [0.05, 0.1) is 17.6 Å². The van der Waals surface area contributed by atoms with Crippen molar-refractivity contribution in [2.24, 2.45) is 0 Å². The fourth-order valence-corrected chi connectivity index (χ4v) is 2.46. The number of nitrogens with one attached hydrogen (secondary N) is 1. The molecule has 26 heavy (non-hydrogen) atoms. The summed E-state index contributed by atoms with van der Waals surface area (Å²) in [4.78, 5) is 28.4. The molecule has 0 aliphatic heterocycles. The minimum absolute atomic E-state index is 0.0715. The first kappa shape index (κ1) is 17.7. The van der Waals surface area contributed by atoms with Crippen LogP contribution in [0.2, 0.25) is 0 Å². The van der Waals surface area contributed by atoms with E-state index in [1.54, 1.807) is 39.1 Å². The molecule has 134 valence electrons. The van der Waals surface area contributed by atoms with Crippen molar-refractivity contribution in [1.29, 1.82) is 0 Å². The molecule has 0 bridgehead atoms. The highest BCUT2D eigenvalue weighted by atomic mass is 16.6. The van der Waals surface area contributed by atoms with Crippen molar-refractivity contribution in [1.82, 2.24) is 10.3 Å². The summed E-state index contributed by atoms with van der Waals surface area (Å²) in [6.07, 6.45) is 1.14. The first-order valence-corrected chi connectivity index (χ1v) is 8.27. The van der Waals surface area contributed by atoms with Gasteiger partial charge in [-0.15, -0.1) is 0 Å². The molecule has 6 nitrogen and oxygen atoms in total. The predicted octanol–water partition coefficient (Wildman–Crippen LogP) is 3.88. The van der Waals surface area contributed by atoms with Crippen LogP contribution in [0.5, 0.6) is 0 Å². The van der Waals surface area contributed by atoms with E-state index in [2.05, 4.69) is 10.3 Å². The number of carbonyl (C=O) groups is 1. The molecule has 0 unspecified atom stereocenters. The number of ether oxygens (including phenoxy) is 1. The summed E-state index contributed by atoms with van der Waals surface area (Å²) in [5, 5.41) is 3.05. The van der Waals surface area contributed by atoms with Gasteiger partial charge in [-0.05, 0) is 51.1 Å². The second-order valence-electron chi connectivity index (χ2n) is 6.86. The highest BCUT2D eigenvalue weighted by molar-refractivity contribution is 5.82. The highest BCUT2D eigenvalue weighted by Crippen LogP contribution is 2.21. The van der Waals surface area contributed by atoms with E-state index in [0.29, 0.717) is 16.7 Å². The summed E-state index contributed by atoms with van der Waals surface area (Å²) in [7, 11) is 0. The Morgan fingerprint density at radius 1 is 1.19 bits per heavy atom. The van der Waals surface area contributed by atoms with Gasteiger partial charge in [0.1, 0.15) is 16.9 Å². The summed E-state index contributed by atoms with van der Waals surface area (Å²) in [5.74, 6) is 0.360.